The van der Waals surface area contributed by atoms with Gasteiger partial charge in [0.2, 0.25) is 12.3 Å². The predicted molar refractivity (Wildman–Crippen MR) is 144 cm³/mol. The second-order valence-electron chi connectivity index (χ2n) is 9.09. The number of methoxy groups -OCH3 is 1. The van der Waals surface area contributed by atoms with Gasteiger partial charge in [-0.3, -0.25) is 14.6 Å². The predicted octanol–water partition coefficient (Wildman–Crippen LogP) is 5.87. The van der Waals surface area contributed by atoms with Gasteiger partial charge < -0.3 is 25.2 Å². The molecule has 4 aromatic rings. The third-order valence-electron chi connectivity index (χ3n) is 6.21. The zero-order chi connectivity index (χ0) is 28.0. The molecule has 1 saturated carbocycles. The first-order valence-electron chi connectivity index (χ1n) is 12.0. The first-order valence-corrected chi connectivity index (χ1v) is 12.0. The van der Waals surface area contributed by atoms with Crippen LogP contribution in [0.2, 0.25) is 0 Å². The lowest BCUT2D eigenvalue weighted by Gasteiger charge is -2.13. The van der Waals surface area contributed by atoms with Crippen molar-refractivity contribution in [3.8, 4) is 17.2 Å². The van der Waals surface area contributed by atoms with Crippen molar-refractivity contribution >= 4 is 40.6 Å². The molecule has 0 unspecified atom stereocenters. The van der Waals surface area contributed by atoms with Crippen LogP contribution in [0.1, 0.15) is 30.1 Å². The zero-order valence-corrected chi connectivity index (χ0v) is 21.2. The number of halogens is 1. The molecule has 1 heterocycles. The summed E-state index contributed by atoms with van der Waals surface area (Å²) in [5, 5.41) is 15.3. The lowest BCUT2D eigenvalue weighted by molar-refractivity contribution is -0.120. The second kappa shape index (κ2) is 11.6. The van der Waals surface area contributed by atoms with Gasteiger partial charge in [0.1, 0.15) is 28.6 Å². The average molecular weight is 532 g/mol. The smallest absolute Gasteiger partial charge is 0.339 e. The molecule has 0 radical (unpaired) electrons. The number of benzene rings is 3. The van der Waals surface area contributed by atoms with Crippen LogP contribution in [0.4, 0.5) is 15.8 Å². The van der Waals surface area contributed by atoms with E-state index in [1.54, 1.807) is 42.6 Å². The number of aromatic nitrogens is 1. The number of nitrogens with zero attached hydrogens (tertiary/aromatic N) is 1. The Morgan fingerprint density at radius 3 is 2.26 bits per heavy atom. The Morgan fingerprint density at radius 2 is 1.67 bits per heavy atom. The van der Waals surface area contributed by atoms with Crippen molar-refractivity contribution in [2.75, 3.05) is 17.7 Å². The number of hydrogen-bond donors (Lipinski definition) is 3. The lowest BCUT2D eigenvalue weighted by atomic mass is 10.1. The minimum Gasteiger partial charge on any atom is -0.496 e. The van der Waals surface area contributed by atoms with Gasteiger partial charge in [-0.25, -0.2) is 9.18 Å². The number of hydrogen-bond acceptors (Lipinski definition) is 6. The van der Waals surface area contributed by atoms with Crippen LogP contribution in [-0.2, 0) is 9.59 Å². The Morgan fingerprint density at radius 1 is 1.00 bits per heavy atom. The molecule has 10 heteroatoms. The number of anilines is 2. The van der Waals surface area contributed by atoms with E-state index in [4.69, 9.17) is 9.47 Å². The molecule has 3 N–H and O–H groups in total. The van der Waals surface area contributed by atoms with Gasteiger partial charge in [0.15, 0.2) is 0 Å². The third kappa shape index (κ3) is 6.67. The van der Waals surface area contributed by atoms with Gasteiger partial charge in [0.25, 0.3) is 0 Å². The van der Waals surface area contributed by atoms with Gasteiger partial charge in [-0.1, -0.05) is 6.92 Å². The van der Waals surface area contributed by atoms with Crippen LogP contribution >= 0.6 is 0 Å². The SMILES string of the molecule is COc1cc2nccc(Oc3ccc(NC(=O)C4(C)CC4)cc3)c2cc1C(=O)O.O=CNc1ccc(F)cc1. The molecule has 5 rings (SSSR count). The molecule has 2 amide bonds. The molecule has 3 aromatic carbocycles. The average Bonchev–Trinajstić information content (AvgIpc) is 3.69. The highest BCUT2D eigenvalue weighted by Gasteiger charge is 2.44. The quantitative estimate of drug-likeness (QED) is 0.243. The standard InChI is InChI=1S/C22H20N2O5.C7H6FNO/c1-22(8-9-22)21(27)24-13-3-5-14(6-4-13)29-18-7-10-23-17-12-19(28-2)16(20(25)26)11-15(17)18;8-6-1-3-7(4-2-6)9-5-10/h3-7,10-12H,8-9H2,1-2H3,(H,24,27)(H,25,26);1-5H,(H,9,10). The number of fused-ring (bicyclic) bond motifs is 1. The number of nitrogens with one attached hydrogen (secondary N) is 2. The maximum atomic E-state index is 12.2. The Hall–Kier alpha value is -4.99. The number of ether oxygens (including phenoxy) is 2. The van der Waals surface area contributed by atoms with E-state index in [0.717, 1.165) is 12.8 Å². The number of carboxylic acids is 1. The van der Waals surface area contributed by atoms with Gasteiger partial charge >= 0.3 is 5.97 Å². The van der Waals surface area contributed by atoms with E-state index < -0.39 is 5.97 Å². The van der Waals surface area contributed by atoms with E-state index in [-0.39, 0.29) is 28.5 Å². The molecule has 0 saturated heterocycles. The molecular formula is C29H26FN3O6. The van der Waals surface area contributed by atoms with Crippen LogP contribution < -0.4 is 20.1 Å². The number of aromatic carboxylic acids is 1. The number of rotatable bonds is 8. The fraction of sp³-hybridized carbons (Fsp3) is 0.172. The second-order valence-corrected chi connectivity index (χ2v) is 9.09. The minimum atomic E-state index is -1.09. The van der Waals surface area contributed by atoms with Crippen molar-refractivity contribution < 1.29 is 33.4 Å². The largest absolute Gasteiger partial charge is 0.496 e. The zero-order valence-electron chi connectivity index (χ0n) is 21.2. The highest BCUT2D eigenvalue weighted by atomic mass is 19.1. The van der Waals surface area contributed by atoms with Crippen LogP contribution in [0.25, 0.3) is 10.9 Å². The Balaban J connectivity index is 0.000000298. The van der Waals surface area contributed by atoms with Gasteiger partial charge in [0.05, 0.1) is 12.6 Å². The number of carbonyl (C=O) groups excluding carboxylic acids is 2. The molecular weight excluding hydrogens is 505 g/mol. The molecule has 39 heavy (non-hydrogen) atoms. The van der Waals surface area contributed by atoms with E-state index in [1.165, 1.54) is 37.4 Å². The van der Waals surface area contributed by atoms with E-state index >= 15 is 0 Å². The summed E-state index contributed by atoms with van der Waals surface area (Å²) in [6.07, 6.45) is 3.96. The molecule has 0 atom stereocenters. The third-order valence-corrected chi connectivity index (χ3v) is 6.21. The molecule has 1 aromatic heterocycles. The number of carbonyl (C=O) groups is 3. The van der Waals surface area contributed by atoms with Gasteiger partial charge in [-0.15, -0.1) is 0 Å². The van der Waals surface area contributed by atoms with Crippen molar-refractivity contribution in [2.24, 2.45) is 5.41 Å². The van der Waals surface area contributed by atoms with Gasteiger partial charge in [0, 0.05) is 34.4 Å². The van der Waals surface area contributed by atoms with Crippen molar-refractivity contribution in [1.82, 2.24) is 4.98 Å². The van der Waals surface area contributed by atoms with Crippen molar-refractivity contribution in [3.63, 3.8) is 0 Å². The number of pyridine rings is 1. The van der Waals surface area contributed by atoms with Crippen LogP contribution in [0.5, 0.6) is 17.2 Å². The maximum Gasteiger partial charge on any atom is 0.339 e. The fourth-order valence-electron chi connectivity index (χ4n) is 3.62. The van der Waals surface area contributed by atoms with Crippen molar-refractivity contribution in [2.45, 2.75) is 19.8 Å². The van der Waals surface area contributed by atoms with E-state index in [1.807, 2.05) is 6.92 Å². The van der Waals surface area contributed by atoms with Crippen LogP contribution in [0.3, 0.4) is 0 Å². The number of amides is 2. The van der Waals surface area contributed by atoms with Crippen LogP contribution in [0, 0.1) is 11.2 Å². The van der Waals surface area contributed by atoms with Gasteiger partial charge in [-0.2, -0.15) is 0 Å². The monoisotopic (exact) mass is 531 g/mol. The summed E-state index contributed by atoms with van der Waals surface area (Å²) >= 11 is 0. The first-order chi connectivity index (χ1) is 18.7. The van der Waals surface area contributed by atoms with E-state index in [2.05, 4.69) is 15.6 Å². The molecule has 1 aliphatic carbocycles. The first kappa shape index (κ1) is 27.1. The summed E-state index contributed by atoms with van der Waals surface area (Å²) in [4.78, 5) is 37.8. The molecule has 1 fully saturated rings. The van der Waals surface area contributed by atoms with Gasteiger partial charge in [-0.05, 0) is 73.5 Å². The summed E-state index contributed by atoms with van der Waals surface area (Å²) in [5.41, 5.74) is 1.65. The molecule has 0 aliphatic heterocycles. The highest BCUT2D eigenvalue weighted by Crippen LogP contribution is 2.45. The molecule has 1 aliphatic rings. The van der Waals surface area contributed by atoms with Crippen LogP contribution in [0.15, 0.2) is 72.9 Å². The topological polar surface area (TPSA) is 127 Å². The Kier molecular flexibility index (Phi) is 8.04. The lowest BCUT2D eigenvalue weighted by Crippen LogP contribution is -2.21. The highest BCUT2D eigenvalue weighted by molar-refractivity contribution is 5.99. The minimum absolute atomic E-state index is 0.0291. The molecule has 9 nitrogen and oxygen atoms in total. The molecule has 200 valence electrons. The Labute approximate surface area is 223 Å². The Bertz CT molecular complexity index is 1500. The van der Waals surface area contributed by atoms with Crippen LogP contribution in [-0.4, -0.2) is 35.5 Å². The van der Waals surface area contributed by atoms with Crippen molar-refractivity contribution in [1.29, 1.82) is 0 Å². The maximum absolute atomic E-state index is 12.2. The summed E-state index contributed by atoms with van der Waals surface area (Å²) in [6, 6.07) is 17.3. The molecule has 0 bridgehead atoms. The summed E-state index contributed by atoms with van der Waals surface area (Å²) in [6.45, 7) is 1.95. The van der Waals surface area contributed by atoms with E-state index in [9.17, 15) is 23.9 Å². The van der Waals surface area contributed by atoms with Crippen molar-refractivity contribution in [3.05, 3.63) is 84.3 Å². The number of carboxylic acid groups (broad SMARTS) is 1. The summed E-state index contributed by atoms with van der Waals surface area (Å²) in [5.74, 6) is -0.108. The summed E-state index contributed by atoms with van der Waals surface area (Å²) in [7, 11) is 1.41. The van der Waals surface area contributed by atoms with E-state index in [0.29, 0.717) is 40.2 Å². The normalized spacial score (nSPS) is 12.9. The fourth-order valence-corrected chi connectivity index (χ4v) is 3.62. The summed E-state index contributed by atoms with van der Waals surface area (Å²) < 4.78 is 23.3. The molecule has 0 spiro atoms.